The van der Waals surface area contributed by atoms with Gasteiger partial charge in [-0.1, -0.05) is 24.3 Å². The minimum absolute atomic E-state index is 0.0758. The zero-order valence-electron chi connectivity index (χ0n) is 19.6. The maximum atomic E-state index is 13.2. The van der Waals surface area contributed by atoms with E-state index in [0.29, 0.717) is 30.2 Å². The van der Waals surface area contributed by atoms with Gasteiger partial charge in [0, 0.05) is 24.4 Å². The molecule has 0 saturated heterocycles. The van der Waals surface area contributed by atoms with E-state index in [1.165, 1.54) is 17.1 Å². The number of alkyl halides is 3. The quantitative estimate of drug-likeness (QED) is 0.418. The monoisotopic (exact) mass is 484 g/mol. The number of nitrogens with one attached hydrogen (secondary N) is 1. The fourth-order valence-corrected chi connectivity index (χ4v) is 4.37. The Morgan fingerprint density at radius 3 is 2.49 bits per heavy atom. The van der Waals surface area contributed by atoms with Crippen molar-refractivity contribution in [2.24, 2.45) is 10.9 Å². The lowest BCUT2D eigenvalue weighted by Crippen LogP contribution is -2.27. The fourth-order valence-electron chi connectivity index (χ4n) is 4.37. The van der Waals surface area contributed by atoms with Crippen LogP contribution in [-0.2, 0) is 0 Å². The number of aliphatic imine (C=N–C) groups is 1. The predicted molar refractivity (Wildman–Crippen MR) is 129 cm³/mol. The van der Waals surface area contributed by atoms with Crippen molar-refractivity contribution in [1.29, 1.82) is 0 Å². The summed E-state index contributed by atoms with van der Waals surface area (Å²) in [6, 6.07) is 9.37. The molecule has 0 atom stereocenters. The first-order valence-electron chi connectivity index (χ1n) is 11.4. The van der Waals surface area contributed by atoms with Crippen LogP contribution in [0.5, 0.6) is 0 Å². The average molecular weight is 485 g/mol. The van der Waals surface area contributed by atoms with Gasteiger partial charge in [0.2, 0.25) is 0 Å². The highest BCUT2D eigenvalue weighted by atomic mass is 19.4. The molecule has 2 heterocycles. The topological polar surface area (TPSA) is 77.1 Å². The second-order valence-corrected chi connectivity index (χ2v) is 8.64. The van der Waals surface area contributed by atoms with Crippen molar-refractivity contribution >= 4 is 30.0 Å². The van der Waals surface area contributed by atoms with Gasteiger partial charge in [-0.25, -0.2) is 14.4 Å². The lowest BCUT2D eigenvalue weighted by atomic mass is 9.80. The molecule has 0 radical (unpaired) electrons. The molecule has 1 aliphatic rings. The summed E-state index contributed by atoms with van der Waals surface area (Å²) in [4.78, 5) is 17.4. The number of rotatable bonds is 6. The van der Waals surface area contributed by atoms with E-state index in [2.05, 4.69) is 22.0 Å². The molecule has 0 bridgehead atoms. The third-order valence-electron chi connectivity index (χ3n) is 6.29. The van der Waals surface area contributed by atoms with Gasteiger partial charge in [-0.05, 0) is 51.7 Å². The van der Waals surface area contributed by atoms with Crippen molar-refractivity contribution < 1.29 is 18.0 Å². The Morgan fingerprint density at radius 1 is 1.20 bits per heavy atom. The molecule has 1 aromatic carbocycles. The van der Waals surface area contributed by atoms with E-state index in [0.717, 1.165) is 11.3 Å². The van der Waals surface area contributed by atoms with Gasteiger partial charge >= 0.3 is 6.18 Å². The van der Waals surface area contributed by atoms with Crippen LogP contribution in [0.3, 0.4) is 0 Å². The second kappa shape index (κ2) is 9.89. The third-order valence-corrected chi connectivity index (χ3v) is 6.29. The van der Waals surface area contributed by atoms with E-state index in [-0.39, 0.29) is 24.3 Å². The Bertz CT molecular complexity index is 1230. The summed E-state index contributed by atoms with van der Waals surface area (Å²) < 4.78 is 42.4. The predicted octanol–water partition coefficient (Wildman–Crippen LogP) is 6.29. The Morgan fingerprint density at radius 2 is 1.89 bits per heavy atom. The summed E-state index contributed by atoms with van der Waals surface area (Å²) in [6.45, 7) is 7.37. The van der Waals surface area contributed by atoms with Crippen LogP contribution in [0.4, 0.5) is 24.8 Å². The Hall–Kier alpha value is -3.69. The zero-order chi connectivity index (χ0) is 25.2. The van der Waals surface area contributed by atoms with Crippen molar-refractivity contribution in [2.45, 2.75) is 51.6 Å². The molecule has 4 rings (SSSR count). The number of amides is 1. The number of carbonyl (C=O) groups excluding carboxylic acids is 1. The number of benzene rings is 1. The highest BCUT2D eigenvalue weighted by molar-refractivity contribution is 6.07. The molecule has 10 heteroatoms. The van der Waals surface area contributed by atoms with Crippen LogP contribution in [0.15, 0.2) is 48.1 Å². The maximum absolute atomic E-state index is 13.2. The number of halogens is 3. The molecule has 0 aliphatic heterocycles. The number of nitrogens with zero attached hydrogens (tertiary/aromatic N) is 5. The van der Waals surface area contributed by atoms with Gasteiger partial charge in [0.1, 0.15) is 11.4 Å². The van der Waals surface area contributed by atoms with E-state index in [1.807, 2.05) is 31.2 Å². The lowest BCUT2D eigenvalue weighted by molar-refractivity contribution is -0.182. The van der Waals surface area contributed by atoms with Crippen LogP contribution in [0.25, 0.3) is 11.9 Å². The summed E-state index contributed by atoms with van der Waals surface area (Å²) in [7, 11) is 0. The number of aromatic nitrogens is 4. The van der Waals surface area contributed by atoms with Gasteiger partial charge in [0.05, 0.1) is 23.5 Å². The van der Waals surface area contributed by atoms with Gasteiger partial charge in [-0.2, -0.15) is 23.4 Å². The first-order valence-corrected chi connectivity index (χ1v) is 11.4. The summed E-state index contributed by atoms with van der Waals surface area (Å²) >= 11 is 0. The first kappa shape index (κ1) is 24.4. The average Bonchev–Trinajstić information content (AvgIpc) is 3.43. The Kier molecular flexibility index (Phi) is 6.90. The van der Waals surface area contributed by atoms with Crippen molar-refractivity contribution in [2.75, 3.05) is 5.32 Å². The second-order valence-electron chi connectivity index (χ2n) is 8.64. The molecule has 1 N–H and O–H groups in total. The summed E-state index contributed by atoms with van der Waals surface area (Å²) in [5.74, 6) is -1.05. The van der Waals surface area contributed by atoms with E-state index in [4.69, 9.17) is 5.10 Å². The third kappa shape index (κ3) is 5.21. The molecule has 7 nitrogen and oxygen atoms in total. The van der Waals surface area contributed by atoms with Gasteiger partial charge in [-0.3, -0.25) is 4.79 Å². The molecular weight excluding hydrogens is 457 g/mol. The molecule has 2 aromatic heterocycles. The van der Waals surface area contributed by atoms with E-state index in [1.54, 1.807) is 23.9 Å². The van der Waals surface area contributed by atoms with Gasteiger partial charge in [0.15, 0.2) is 5.82 Å². The van der Waals surface area contributed by atoms with Crippen LogP contribution in [0, 0.1) is 12.8 Å². The van der Waals surface area contributed by atoms with Crippen LogP contribution in [-0.4, -0.2) is 37.9 Å². The van der Waals surface area contributed by atoms with E-state index < -0.39 is 18.0 Å². The molecular formula is C25H27F3N6O. The van der Waals surface area contributed by atoms with Crippen LogP contribution in [0.1, 0.15) is 60.1 Å². The van der Waals surface area contributed by atoms with Crippen molar-refractivity contribution in [3.63, 3.8) is 0 Å². The number of hydrogen-bond acceptors (Lipinski definition) is 4. The Balaban J connectivity index is 1.65. The van der Waals surface area contributed by atoms with Gasteiger partial charge < -0.3 is 5.32 Å². The minimum atomic E-state index is -4.17. The van der Waals surface area contributed by atoms with Crippen LogP contribution < -0.4 is 5.32 Å². The molecule has 1 aliphatic carbocycles. The molecule has 3 aromatic rings. The first-order chi connectivity index (χ1) is 16.7. The summed E-state index contributed by atoms with van der Waals surface area (Å²) in [5, 5.41) is 11.7. The molecule has 0 unspecified atom stereocenters. The molecule has 1 saturated carbocycles. The fraction of sp³-hybridized carbons (Fsp3) is 0.360. The molecule has 1 amide bonds. The molecule has 184 valence electrons. The maximum Gasteiger partial charge on any atom is 0.391 e. The zero-order valence-corrected chi connectivity index (χ0v) is 19.6. The largest absolute Gasteiger partial charge is 0.391 e. The van der Waals surface area contributed by atoms with Crippen LogP contribution >= 0.6 is 0 Å². The minimum Gasteiger partial charge on any atom is -0.306 e. The highest BCUT2D eigenvalue weighted by Gasteiger charge is 2.42. The number of hydrogen-bond donors (Lipinski definition) is 1. The number of aryl methyl sites for hydroxylation is 1. The summed E-state index contributed by atoms with van der Waals surface area (Å²) in [6.07, 6.45) is 1.18. The van der Waals surface area contributed by atoms with Crippen molar-refractivity contribution in [3.05, 3.63) is 59.9 Å². The molecule has 35 heavy (non-hydrogen) atoms. The van der Waals surface area contributed by atoms with E-state index in [9.17, 15) is 18.0 Å². The van der Waals surface area contributed by atoms with E-state index >= 15 is 0 Å². The molecule has 0 spiro atoms. The standard InChI is InChI=1S/C25H27F3N6O/c1-4-29-23-20(15-30-33(23)5-2)24(35)31-22-14-21(17-8-10-18(11-9-17)25(26,27)28)32-34(22)19-12-6-16(3)7-13-19/h4-7,12-15,17-18H,2,8-11H2,1,3H3,(H,31,35)/b29-4-. The highest BCUT2D eigenvalue weighted by Crippen LogP contribution is 2.43. The SMILES string of the molecule is C=Cn1ncc(C(=O)Nc2cc(C3CCC(C(F)(F)F)CC3)nn2-c2ccc(C)cc2)c1/N=C\C. The lowest BCUT2D eigenvalue weighted by Gasteiger charge is -2.28. The normalized spacial score (nSPS) is 18.7. The smallest absolute Gasteiger partial charge is 0.306 e. The van der Waals surface area contributed by atoms with Gasteiger partial charge in [0.25, 0.3) is 5.91 Å². The Labute approximate surface area is 201 Å². The van der Waals surface area contributed by atoms with Crippen LogP contribution in [0.2, 0.25) is 0 Å². The number of carbonyl (C=O) groups is 1. The van der Waals surface area contributed by atoms with Crippen molar-refractivity contribution in [3.8, 4) is 5.69 Å². The van der Waals surface area contributed by atoms with Gasteiger partial charge in [-0.15, -0.1) is 0 Å². The summed E-state index contributed by atoms with van der Waals surface area (Å²) in [5.41, 5.74) is 2.72. The van der Waals surface area contributed by atoms with Crippen molar-refractivity contribution in [1.82, 2.24) is 19.6 Å². The number of anilines is 1. The molecule has 1 fully saturated rings.